The van der Waals surface area contributed by atoms with Crippen LogP contribution in [0.25, 0.3) is 27.5 Å². The molecule has 5 nitrogen and oxygen atoms in total. The lowest BCUT2D eigenvalue weighted by molar-refractivity contribution is 0.0480. The summed E-state index contributed by atoms with van der Waals surface area (Å²) in [6.45, 7) is 0.402. The number of benzene rings is 7. The number of cyclic esters (lactones) is 1. The number of anilines is 6. The van der Waals surface area contributed by atoms with E-state index in [1.807, 2.05) is 12.1 Å². The second-order valence-corrected chi connectivity index (χ2v) is 12.5. The van der Waals surface area contributed by atoms with E-state index in [0.29, 0.717) is 18.6 Å². The van der Waals surface area contributed by atoms with Crippen LogP contribution in [0.1, 0.15) is 15.9 Å². The van der Waals surface area contributed by atoms with Gasteiger partial charge < -0.3 is 19.1 Å². The van der Waals surface area contributed by atoms with Gasteiger partial charge >= 0.3 is 5.97 Å². The largest absolute Gasteiger partial charge is 0.462 e. The van der Waals surface area contributed by atoms with Crippen molar-refractivity contribution in [3.63, 3.8) is 0 Å². The smallest absolute Gasteiger partial charge is 0.338 e. The molecule has 0 N–H and O–H groups in total. The second kappa shape index (κ2) is 12.5. The number of para-hydroxylation sites is 4. The summed E-state index contributed by atoms with van der Waals surface area (Å²) >= 11 is 0. The number of nitrogens with zero attached hydrogens (tertiary/aromatic N) is 3. The molecule has 0 saturated heterocycles. The molecule has 0 saturated carbocycles. The predicted octanol–water partition coefficient (Wildman–Crippen LogP) is 11.4. The van der Waals surface area contributed by atoms with Crippen molar-refractivity contribution >= 4 is 61.9 Å². The first kappa shape index (κ1) is 29.5. The summed E-state index contributed by atoms with van der Waals surface area (Å²) < 4.78 is 7.66. The van der Waals surface area contributed by atoms with E-state index in [4.69, 9.17) is 4.74 Å². The topological polar surface area (TPSA) is 37.7 Å². The SMILES string of the molecule is O=C1OCCc2cc(-n3c4ccc(N(c5ccccc5)c5ccccc5)cc4c4cc(N(c5ccccc5)c5ccccc5)ccc43)ccc21. The molecule has 0 atom stereocenters. The molecule has 9 rings (SSSR count). The van der Waals surface area contributed by atoms with Gasteiger partial charge in [0.15, 0.2) is 0 Å². The zero-order valence-electron chi connectivity index (χ0n) is 27.3. The zero-order valence-corrected chi connectivity index (χ0v) is 27.3. The fourth-order valence-corrected chi connectivity index (χ4v) is 7.21. The van der Waals surface area contributed by atoms with Gasteiger partial charge in [-0.05, 0) is 109 Å². The van der Waals surface area contributed by atoms with Gasteiger partial charge in [0, 0.05) is 57.0 Å². The fourth-order valence-electron chi connectivity index (χ4n) is 7.21. The van der Waals surface area contributed by atoms with Crippen LogP contribution < -0.4 is 9.80 Å². The van der Waals surface area contributed by atoms with E-state index in [1.54, 1.807) is 0 Å². The van der Waals surface area contributed by atoms with Crippen LogP contribution in [-0.2, 0) is 11.2 Å². The third-order valence-electron chi connectivity index (χ3n) is 9.48. The number of fused-ring (bicyclic) bond motifs is 4. The van der Waals surface area contributed by atoms with Crippen LogP contribution in [0, 0.1) is 0 Å². The molecule has 2 heterocycles. The van der Waals surface area contributed by atoms with E-state index in [1.165, 1.54) is 0 Å². The molecule has 0 spiro atoms. The maximum absolute atomic E-state index is 12.5. The maximum Gasteiger partial charge on any atom is 0.338 e. The highest BCUT2D eigenvalue weighted by molar-refractivity contribution is 6.12. The second-order valence-electron chi connectivity index (χ2n) is 12.5. The molecule has 0 bridgehead atoms. The van der Waals surface area contributed by atoms with Gasteiger partial charge in [-0.2, -0.15) is 0 Å². The Morgan fingerprint density at radius 3 is 1.34 bits per heavy atom. The minimum atomic E-state index is -0.252. The molecule has 1 aromatic heterocycles. The van der Waals surface area contributed by atoms with Gasteiger partial charge in [0.1, 0.15) is 0 Å². The van der Waals surface area contributed by atoms with Gasteiger partial charge in [-0.25, -0.2) is 4.79 Å². The molecular weight excluding hydrogens is 615 g/mol. The van der Waals surface area contributed by atoms with Gasteiger partial charge in [0.05, 0.1) is 23.2 Å². The normalized spacial score (nSPS) is 12.4. The van der Waals surface area contributed by atoms with Gasteiger partial charge in [-0.1, -0.05) is 72.8 Å². The number of carbonyl (C=O) groups excluding carboxylic acids is 1. The van der Waals surface area contributed by atoms with Crippen LogP contribution in [0.5, 0.6) is 0 Å². The first-order valence-corrected chi connectivity index (χ1v) is 16.9. The number of esters is 1. The standard InChI is InChI=1S/C45H33N3O2/c49-45-40-24-21-37(29-32(40)27-28-50-45)48-43-25-22-38(46(33-13-5-1-6-14-33)34-15-7-2-8-16-34)30-41(43)42-31-39(23-26-44(42)48)47(35-17-9-3-10-18-35)36-19-11-4-12-20-36/h1-26,29-31H,27-28H2. The zero-order chi connectivity index (χ0) is 33.4. The molecule has 7 aromatic carbocycles. The van der Waals surface area contributed by atoms with Crippen LogP contribution in [0.3, 0.4) is 0 Å². The van der Waals surface area contributed by atoms with Gasteiger partial charge in [-0.3, -0.25) is 0 Å². The third kappa shape index (κ3) is 5.17. The number of aromatic nitrogens is 1. The Morgan fingerprint density at radius 2 is 0.900 bits per heavy atom. The number of carbonyl (C=O) groups is 1. The van der Waals surface area contributed by atoms with Crippen LogP contribution in [0.2, 0.25) is 0 Å². The molecule has 0 amide bonds. The molecule has 240 valence electrons. The summed E-state index contributed by atoms with van der Waals surface area (Å²) in [5.74, 6) is -0.252. The quantitative estimate of drug-likeness (QED) is 0.161. The molecule has 0 aliphatic carbocycles. The molecule has 1 aliphatic heterocycles. The summed E-state index contributed by atoms with van der Waals surface area (Å²) in [7, 11) is 0. The first-order valence-electron chi connectivity index (χ1n) is 16.9. The molecule has 0 fully saturated rings. The highest BCUT2D eigenvalue weighted by Crippen LogP contribution is 2.42. The lowest BCUT2D eigenvalue weighted by Crippen LogP contribution is -2.17. The first-order chi connectivity index (χ1) is 24.7. The minimum Gasteiger partial charge on any atom is -0.462 e. The summed E-state index contributed by atoms with van der Waals surface area (Å²) in [6, 6.07) is 61.6. The molecule has 5 heteroatoms. The number of hydrogen-bond acceptors (Lipinski definition) is 4. The van der Waals surface area contributed by atoms with E-state index < -0.39 is 0 Å². The third-order valence-corrected chi connectivity index (χ3v) is 9.48. The highest BCUT2D eigenvalue weighted by Gasteiger charge is 2.22. The van der Waals surface area contributed by atoms with Crippen molar-refractivity contribution in [1.29, 1.82) is 0 Å². The van der Waals surface area contributed by atoms with E-state index in [9.17, 15) is 4.79 Å². The Bertz CT molecular complexity index is 2260. The van der Waals surface area contributed by atoms with Crippen molar-refractivity contribution in [2.75, 3.05) is 16.4 Å². The van der Waals surface area contributed by atoms with E-state index in [-0.39, 0.29) is 5.97 Å². The lowest BCUT2D eigenvalue weighted by atomic mass is 10.0. The van der Waals surface area contributed by atoms with Crippen molar-refractivity contribution in [2.45, 2.75) is 6.42 Å². The van der Waals surface area contributed by atoms with Gasteiger partial charge in [0.25, 0.3) is 0 Å². The van der Waals surface area contributed by atoms with E-state index in [0.717, 1.165) is 67.2 Å². The number of ether oxygens (including phenoxy) is 1. The Balaban J connectivity index is 1.30. The summed E-state index contributed by atoms with van der Waals surface area (Å²) in [4.78, 5) is 17.1. The maximum atomic E-state index is 12.5. The number of rotatable bonds is 7. The Morgan fingerprint density at radius 1 is 0.460 bits per heavy atom. The Kier molecular flexibility index (Phi) is 7.36. The number of hydrogen-bond donors (Lipinski definition) is 0. The van der Waals surface area contributed by atoms with E-state index >= 15 is 0 Å². The minimum absolute atomic E-state index is 0.252. The van der Waals surface area contributed by atoms with Crippen molar-refractivity contribution < 1.29 is 9.53 Å². The van der Waals surface area contributed by atoms with Gasteiger partial charge in [0.2, 0.25) is 0 Å². The molecule has 1 aliphatic rings. The average Bonchev–Trinajstić information content (AvgIpc) is 3.50. The van der Waals surface area contributed by atoms with E-state index in [2.05, 4.69) is 178 Å². The molecule has 0 radical (unpaired) electrons. The Labute approximate surface area is 290 Å². The molecule has 50 heavy (non-hydrogen) atoms. The summed E-state index contributed by atoms with van der Waals surface area (Å²) in [6.07, 6.45) is 0.701. The molecule has 8 aromatic rings. The Hall–Kier alpha value is -6.59. The predicted molar refractivity (Wildman–Crippen MR) is 204 cm³/mol. The molecule has 0 unspecified atom stereocenters. The van der Waals surface area contributed by atoms with Crippen molar-refractivity contribution in [2.24, 2.45) is 0 Å². The van der Waals surface area contributed by atoms with Crippen molar-refractivity contribution in [3.05, 3.63) is 187 Å². The van der Waals surface area contributed by atoms with Crippen molar-refractivity contribution in [1.82, 2.24) is 4.57 Å². The molecular formula is C45H33N3O2. The lowest BCUT2D eigenvalue weighted by Gasteiger charge is -2.26. The van der Waals surface area contributed by atoms with Crippen LogP contribution in [0.15, 0.2) is 176 Å². The average molecular weight is 648 g/mol. The van der Waals surface area contributed by atoms with Gasteiger partial charge in [-0.15, -0.1) is 0 Å². The summed E-state index contributed by atoms with van der Waals surface area (Å²) in [5.41, 5.74) is 11.3. The van der Waals surface area contributed by atoms with Crippen LogP contribution in [0.4, 0.5) is 34.1 Å². The summed E-state index contributed by atoms with van der Waals surface area (Å²) in [5, 5.41) is 2.27. The van der Waals surface area contributed by atoms with Crippen LogP contribution >= 0.6 is 0 Å². The van der Waals surface area contributed by atoms with Crippen LogP contribution in [-0.4, -0.2) is 17.1 Å². The fraction of sp³-hybridized carbons (Fsp3) is 0.0444. The highest BCUT2D eigenvalue weighted by atomic mass is 16.5. The van der Waals surface area contributed by atoms with Crippen molar-refractivity contribution in [3.8, 4) is 5.69 Å². The monoisotopic (exact) mass is 647 g/mol.